The Balaban J connectivity index is 1.73. The lowest BCUT2D eigenvalue weighted by Gasteiger charge is -2.29. The number of amides is 1. The fraction of sp³-hybridized carbons (Fsp3) is 0.316. The van der Waals surface area contributed by atoms with Crippen molar-refractivity contribution >= 4 is 37.5 Å². The van der Waals surface area contributed by atoms with Gasteiger partial charge in [0, 0.05) is 23.1 Å². The summed E-state index contributed by atoms with van der Waals surface area (Å²) in [6, 6.07) is 10.0. The molecule has 1 saturated heterocycles. The maximum Gasteiger partial charge on any atom is 0.255 e. The summed E-state index contributed by atoms with van der Waals surface area (Å²) in [7, 11) is -3.56. The largest absolute Gasteiger partial charge is 0.319 e. The molecule has 0 radical (unpaired) electrons. The molecule has 0 bridgehead atoms. The molecule has 1 fully saturated rings. The van der Waals surface area contributed by atoms with Crippen molar-refractivity contribution in [3.05, 3.63) is 58.3 Å². The Bertz CT molecular complexity index is 940. The normalized spacial score (nSPS) is 16.3. The lowest BCUT2D eigenvalue weighted by molar-refractivity contribution is 0.102. The van der Waals surface area contributed by atoms with Gasteiger partial charge in [0.2, 0.25) is 10.0 Å². The minimum absolute atomic E-state index is 0.0577. The van der Waals surface area contributed by atoms with Gasteiger partial charge < -0.3 is 5.32 Å². The fourth-order valence-electron chi connectivity index (χ4n) is 2.94. The molecule has 0 aliphatic carbocycles. The summed E-state index contributed by atoms with van der Waals surface area (Å²) in [4.78, 5) is 12.5. The Morgan fingerprint density at radius 2 is 1.78 bits per heavy atom. The number of benzene rings is 2. The molecule has 8 heteroatoms. The number of nitrogens with zero attached hydrogens (tertiary/aromatic N) is 1. The standard InChI is InChI=1S/C19H20BrFN2O3S/c1-13-8-10-23(11-9-13)27(25,26)16-5-2-14(3-6-16)19(24)22-18-7-4-15(20)12-17(18)21/h2-7,12-13H,8-11H2,1H3,(H,22,24). The molecule has 0 saturated carbocycles. The Morgan fingerprint density at radius 3 is 2.37 bits per heavy atom. The smallest absolute Gasteiger partial charge is 0.255 e. The highest BCUT2D eigenvalue weighted by Crippen LogP contribution is 2.24. The van der Waals surface area contributed by atoms with Crippen molar-refractivity contribution in [1.29, 1.82) is 0 Å². The summed E-state index contributed by atoms with van der Waals surface area (Å²) in [6.45, 7) is 3.13. The molecular weight excluding hydrogens is 435 g/mol. The highest BCUT2D eigenvalue weighted by Gasteiger charge is 2.28. The number of carbonyl (C=O) groups excluding carboxylic acids is 1. The number of piperidine rings is 1. The first-order valence-corrected chi connectivity index (χ1v) is 10.9. The summed E-state index contributed by atoms with van der Waals surface area (Å²) in [5.74, 6) is -0.537. The molecule has 1 aliphatic rings. The fourth-order valence-corrected chi connectivity index (χ4v) is 4.74. The van der Waals surface area contributed by atoms with Crippen molar-refractivity contribution in [2.24, 2.45) is 5.92 Å². The molecule has 0 aromatic heterocycles. The zero-order chi connectivity index (χ0) is 19.6. The molecule has 1 heterocycles. The van der Waals surface area contributed by atoms with Crippen LogP contribution in [0.3, 0.4) is 0 Å². The van der Waals surface area contributed by atoms with Gasteiger partial charge in [0.1, 0.15) is 5.82 Å². The van der Waals surface area contributed by atoms with E-state index in [0.717, 1.165) is 12.8 Å². The lowest BCUT2D eigenvalue weighted by Crippen LogP contribution is -2.37. The molecule has 3 rings (SSSR count). The van der Waals surface area contributed by atoms with Crippen LogP contribution in [0.5, 0.6) is 0 Å². The van der Waals surface area contributed by atoms with Gasteiger partial charge >= 0.3 is 0 Å². The van der Waals surface area contributed by atoms with Crippen LogP contribution in [0.4, 0.5) is 10.1 Å². The second-order valence-corrected chi connectivity index (χ2v) is 9.54. The maximum atomic E-state index is 13.9. The third-order valence-corrected chi connectivity index (χ3v) is 7.08. The number of nitrogens with one attached hydrogen (secondary N) is 1. The zero-order valence-corrected chi connectivity index (χ0v) is 17.2. The van der Waals surface area contributed by atoms with Gasteiger partial charge in [-0.05, 0) is 61.2 Å². The minimum atomic E-state index is -3.56. The van der Waals surface area contributed by atoms with E-state index in [1.807, 2.05) is 0 Å². The summed E-state index contributed by atoms with van der Waals surface area (Å²) in [5, 5.41) is 2.49. The van der Waals surface area contributed by atoms with Crippen molar-refractivity contribution in [3.8, 4) is 0 Å². The highest BCUT2D eigenvalue weighted by molar-refractivity contribution is 9.10. The van der Waals surface area contributed by atoms with Crippen LogP contribution in [0.15, 0.2) is 51.8 Å². The number of carbonyl (C=O) groups is 1. The molecule has 1 N–H and O–H groups in total. The monoisotopic (exact) mass is 454 g/mol. The van der Waals surface area contributed by atoms with E-state index in [2.05, 4.69) is 28.2 Å². The van der Waals surface area contributed by atoms with Gasteiger partial charge in [0.25, 0.3) is 5.91 Å². The van der Waals surface area contributed by atoms with Crippen LogP contribution in [0.1, 0.15) is 30.1 Å². The predicted octanol–water partition coefficient (Wildman–Crippen LogP) is 4.26. The third kappa shape index (κ3) is 4.56. The van der Waals surface area contributed by atoms with E-state index in [-0.39, 0.29) is 16.1 Å². The van der Waals surface area contributed by atoms with E-state index in [1.165, 1.54) is 40.7 Å². The van der Waals surface area contributed by atoms with Crippen molar-refractivity contribution in [2.45, 2.75) is 24.7 Å². The molecule has 2 aromatic carbocycles. The van der Waals surface area contributed by atoms with E-state index in [9.17, 15) is 17.6 Å². The first kappa shape index (κ1) is 20.0. The van der Waals surface area contributed by atoms with E-state index >= 15 is 0 Å². The topological polar surface area (TPSA) is 66.5 Å². The van der Waals surface area contributed by atoms with Crippen LogP contribution in [-0.2, 0) is 10.0 Å². The first-order valence-electron chi connectivity index (χ1n) is 8.64. The molecule has 0 spiro atoms. The highest BCUT2D eigenvalue weighted by atomic mass is 79.9. The average Bonchev–Trinajstić information content (AvgIpc) is 2.64. The van der Waals surface area contributed by atoms with Gasteiger partial charge in [-0.2, -0.15) is 4.31 Å². The molecule has 2 aromatic rings. The molecule has 5 nitrogen and oxygen atoms in total. The van der Waals surface area contributed by atoms with E-state index in [0.29, 0.717) is 23.5 Å². The lowest BCUT2D eigenvalue weighted by atomic mass is 10.0. The molecule has 1 amide bonds. The average molecular weight is 455 g/mol. The number of hydrogen-bond donors (Lipinski definition) is 1. The van der Waals surface area contributed by atoms with E-state index < -0.39 is 21.7 Å². The van der Waals surface area contributed by atoms with Gasteiger partial charge in [-0.3, -0.25) is 4.79 Å². The van der Waals surface area contributed by atoms with Crippen LogP contribution in [0, 0.1) is 11.7 Å². The number of hydrogen-bond acceptors (Lipinski definition) is 3. The Morgan fingerprint density at radius 1 is 1.15 bits per heavy atom. The van der Waals surface area contributed by atoms with E-state index in [4.69, 9.17) is 0 Å². The van der Waals surface area contributed by atoms with E-state index in [1.54, 1.807) is 6.07 Å². The number of anilines is 1. The predicted molar refractivity (Wildman–Crippen MR) is 106 cm³/mol. The van der Waals surface area contributed by atoms with Crippen LogP contribution in [0.2, 0.25) is 0 Å². The van der Waals surface area contributed by atoms with Crippen molar-refractivity contribution in [1.82, 2.24) is 4.31 Å². The summed E-state index contributed by atoms with van der Waals surface area (Å²) in [6.07, 6.45) is 1.69. The molecule has 0 atom stereocenters. The van der Waals surface area contributed by atoms with Gasteiger partial charge in [-0.15, -0.1) is 0 Å². The van der Waals surface area contributed by atoms with Crippen molar-refractivity contribution < 1.29 is 17.6 Å². The van der Waals surface area contributed by atoms with Gasteiger partial charge in [0.15, 0.2) is 0 Å². The Kier molecular flexibility index (Phi) is 5.98. The van der Waals surface area contributed by atoms with Crippen molar-refractivity contribution in [3.63, 3.8) is 0 Å². The molecule has 0 unspecified atom stereocenters. The van der Waals surface area contributed by atoms with Crippen LogP contribution < -0.4 is 5.32 Å². The van der Waals surface area contributed by atoms with Crippen molar-refractivity contribution in [2.75, 3.05) is 18.4 Å². The Hall–Kier alpha value is -1.77. The molecular formula is C19H20BrFN2O3S. The third-order valence-electron chi connectivity index (χ3n) is 4.68. The Labute approximate surface area is 166 Å². The number of rotatable bonds is 4. The summed E-state index contributed by atoms with van der Waals surface area (Å²) >= 11 is 3.16. The first-order chi connectivity index (χ1) is 12.8. The van der Waals surface area contributed by atoms with Crippen LogP contribution in [-0.4, -0.2) is 31.7 Å². The van der Waals surface area contributed by atoms with Gasteiger partial charge in [-0.25, -0.2) is 12.8 Å². The number of sulfonamides is 1. The molecule has 27 heavy (non-hydrogen) atoms. The van der Waals surface area contributed by atoms with Crippen LogP contribution in [0.25, 0.3) is 0 Å². The molecule has 144 valence electrons. The zero-order valence-electron chi connectivity index (χ0n) is 14.8. The quantitative estimate of drug-likeness (QED) is 0.750. The van der Waals surface area contributed by atoms with Crippen LogP contribution >= 0.6 is 15.9 Å². The summed E-state index contributed by atoms with van der Waals surface area (Å²) in [5.41, 5.74) is 0.311. The number of halogens is 2. The second kappa shape index (κ2) is 8.08. The minimum Gasteiger partial charge on any atom is -0.319 e. The maximum absolute atomic E-state index is 13.9. The van der Waals surface area contributed by atoms with Gasteiger partial charge in [0.05, 0.1) is 10.6 Å². The molecule has 1 aliphatic heterocycles. The summed E-state index contributed by atoms with van der Waals surface area (Å²) < 4.78 is 41.3. The SMILES string of the molecule is CC1CCN(S(=O)(=O)c2ccc(C(=O)Nc3ccc(Br)cc3F)cc2)CC1. The van der Waals surface area contributed by atoms with Gasteiger partial charge in [-0.1, -0.05) is 22.9 Å². The second-order valence-electron chi connectivity index (χ2n) is 6.69.